The Morgan fingerprint density at radius 2 is 2.09 bits per heavy atom. The summed E-state index contributed by atoms with van der Waals surface area (Å²) in [4.78, 5) is 41.8. The van der Waals surface area contributed by atoms with Crippen molar-refractivity contribution >= 4 is 22.5 Å². The van der Waals surface area contributed by atoms with Crippen molar-refractivity contribution in [1.82, 2.24) is 9.55 Å². The number of hydrogen-bond acceptors (Lipinski definition) is 4. The number of nitrogens with zero attached hydrogens (tertiary/aromatic N) is 2. The van der Waals surface area contributed by atoms with Crippen LogP contribution in [0.5, 0.6) is 0 Å². The number of Topliss-reactive ketones (excluding diaryl/α,β-unsaturated/α-hetero) is 2. The zero-order valence-electron chi connectivity index (χ0n) is 15.5. The van der Waals surface area contributed by atoms with Crippen LogP contribution >= 0.6 is 0 Å². The van der Waals surface area contributed by atoms with Gasteiger partial charge in [-0.05, 0) is 38.8 Å². The van der Waals surface area contributed by atoms with Gasteiger partial charge in [0.1, 0.15) is 11.6 Å². The minimum absolute atomic E-state index is 0.194. The summed E-state index contributed by atoms with van der Waals surface area (Å²) in [6.45, 7) is 3.36. The highest BCUT2D eigenvalue weighted by Crippen LogP contribution is 2.23. The molecule has 0 saturated heterocycles. The summed E-state index contributed by atoms with van der Waals surface area (Å²) in [5.41, 5.74) is 0.796. The van der Waals surface area contributed by atoms with E-state index >= 15 is 0 Å². The van der Waals surface area contributed by atoms with Crippen molar-refractivity contribution in [2.75, 3.05) is 0 Å². The first-order valence-corrected chi connectivity index (χ1v) is 7.13. The summed E-state index contributed by atoms with van der Waals surface area (Å²) in [7, 11) is 0. The Morgan fingerprint density at radius 3 is 2.86 bits per heavy atom. The molecular formula is C17H18N2O3. The molecule has 0 amide bonds. The van der Waals surface area contributed by atoms with Crippen LogP contribution in [0.1, 0.15) is 47.2 Å². The van der Waals surface area contributed by atoms with Crippen LogP contribution in [0.4, 0.5) is 0 Å². The zero-order chi connectivity index (χ0) is 18.6. The summed E-state index contributed by atoms with van der Waals surface area (Å²) >= 11 is 0. The van der Waals surface area contributed by atoms with Crippen LogP contribution in [-0.4, -0.2) is 21.1 Å². The Bertz CT molecular complexity index is 967. The highest BCUT2D eigenvalue weighted by molar-refractivity contribution is 6.01. The van der Waals surface area contributed by atoms with E-state index in [1.165, 1.54) is 6.92 Å². The maximum Gasteiger partial charge on any atom is 0.262 e. The first-order valence-electron chi connectivity index (χ1n) is 8.63. The average Bonchev–Trinajstić information content (AvgIpc) is 2.60. The Labute approximate surface area is 132 Å². The molecule has 1 saturated carbocycles. The van der Waals surface area contributed by atoms with Crippen LogP contribution in [0.2, 0.25) is 0 Å². The van der Waals surface area contributed by atoms with Gasteiger partial charge >= 0.3 is 0 Å². The molecule has 5 heteroatoms. The standard InChI is InChI=1S/C17H18N2O3/c1-10-6-7-14-13(8-10)17(22)19(11(2)18-14)15-5-3-4-12(20)9-16(15)21/h6-8,15H,3-5,9H2,1-2H3/t15-/m0/s1/i4D2,15D. The van der Waals surface area contributed by atoms with Gasteiger partial charge in [0.15, 0.2) is 5.78 Å². The molecule has 2 aromatic rings. The number of fused-ring (bicyclic) bond motifs is 1. The minimum atomic E-state index is -2.17. The molecule has 1 fully saturated rings. The quantitative estimate of drug-likeness (QED) is 0.598. The molecule has 22 heavy (non-hydrogen) atoms. The number of aromatic nitrogens is 2. The van der Waals surface area contributed by atoms with E-state index in [1.807, 2.05) is 13.0 Å². The molecule has 1 atom stereocenters. The molecule has 114 valence electrons. The Morgan fingerprint density at radius 1 is 1.32 bits per heavy atom. The van der Waals surface area contributed by atoms with Gasteiger partial charge in [-0.25, -0.2) is 4.98 Å². The second-order valence-corrected chi connectivity index (χ2v) is 5.47. The molecule has 0 radical (unpaired) electrons. The average molecular weight is 301 g/mol. The van der Waals surface area contributed by atoms with Crippen LogP contribution < -0.4 is 5.56 Å². The van der Waals surface area contributed by atoms with Gasteiger partial charge in [0, 0.05) is 9.11 Å². The van der Waals surface area contributed by atoms with Crippen LogP contribution in [0.25, 0.3) is 10.9 Å². The maximum absolute atomic E-state index is 13.0. The van der Waals surface area contributed by atoms with Gasteiger partial charge in [0.05, 0.1) is 24.7 Å². The lowest BCUT2D eigenvalue weighted by atomic mass is 10.1. The number of rotatable bonds is 1. The molecule has 0 spiro atoms. The summed E-state index contributed by atoms with van der Waals surface area (Å²) in [6.07, 6.45) is -3.42. The fraction of sp³-hybridized carbons (Fsp3) is 0.412. The molecule has 1 heterocycles. The van der Waals surface area contributed by atoms with E-state index in [1.54, 1.807) is 12.1 Å². The predicted molar refractivity (Wildman–Crippen MR) is 83.0 cm³/mol. The first-order chi connectivity index (χ1) is 11.6. The lowest BCUT2D eigenvalue weighted by Crippen LogP contribution is -2.32. The summed E-state index contributed by atoms with van der Waals surface area (Å²) in [5.74, 6) is -1.43. The van der Waals surface area contributed by atoms with Crippen molar-refractivity contribution in [3.8, 4) is 0 Å². The van der Waals surface area contributed by atoms with Gasteiger partial charge in [0.25, 0.3) is 5.56 Å². The van der Waals surface area contributed by atoms with Crippen molar-refractivity contribution in [3.63, 3.8) is 0 Å². The van der Waals surface area contributed by atoms with Crippen LogP contribution in [0.3, 0.4) is 0 Å². The smallest absolute Gasteiger partial charge is 0.262 e. The second kappa shape index (κ2) is 5.48. The maximum atomic E-state index is 13.0. The van der Waals surface area contributed by atoms with Gasteiger partial charge in [-0.15, -0.1) is 0 Å². The van der Waals surface area contributed by atoms with Crippen molar-refractivity contribution in [1.29, 1.82) is 0 Å². The normalized spacial score (nSPS) is 27.1. The third-order valence-corrected chi connectivity index (χ3v) is 3.79. The second-order valence-electron chi connectivity index (χ2n) is 5.47. The molecular weight excluding hydrogens is 280 g/mol. The number of aryl methyl sites for hydroxylation is 2. The van der Waals surface area contributed by atoms with Gasteiger partial charge in [-0.2, -0.15) is 0 Å². The van der Waals surface area contributed by atoms with E-state index in [9.17, 15) is 14.4 Å². The summed E-state index contributed by atoms with van der Waals surface area (Å²) in [5, 5.41) is 0.295. The molecule has 5 nitrogen and oxygen atoms in total. The van der Waals surface area contributed by atoms with Gasteiger partial charge in [0.2, 0.25) is 0 Å². The van der Waals surface area contributed by atoms with Gasteiger partial charge in [-0.3, -0.25) is 19.0 Å². The molecule has 1 aliphatic rings. The van der Waals surface area contributed by atoms with Crippen molar-refractivity contribution in [3.05, 3.63) is 39.9 Å². The lowest BCUT2D eigenvalue weighted by Gasteiger charge is -2.19. The molecule has 0 unspecified atom stereocenters. The number of hydrogen-bond donors (Lipinski definition) is 0. The van der Waals surface area contributed by atoms with E-state index in [0.29, 0.717) is 10.9 Å². The first kappa shape index (κ1) is 11.3. The third-order valence-electron chi connectivity index (χ3n) is 3.79. The Hall–Kier alpha value is -2.30. The molecule has 0 N–H and O–H groups in total. The van der Waals surface area contributed by atoms with E-state index in [2.05, 4.69) is 4.98 Å². The van der Waals surface area contributed by atoms with Crippen LogP contribution in [0, 0.1) is 13.8 Å². The monoisotopic (exact) mass is 301 g/mol. The minimum Gasteiger partial charge on any atom is -0.299 e. The van der Waals surface area contributed by atoms with Gasteiger partial charge < -0.3 is 0 Å². The molecule has 0 aliphatic heterocycles. The van der Waals surface area contributed by atoms with Crippen molar-refractivity contribution in [2.45, 2.75) is 45.5 Å². The molecule has 1 aromatic carbocycles. The number of carbonyl (C=O) groups excluding carboxylic acids is 2. The summed E-state index contributed by atoms with van der Waals surface area (Å²) < 4.78 is 25.1. The van der Waals surface area contributed by atoms with Crippen LogP contribution in [0.15, 0.2) is 23.0 Å². The lowest BCUT2D eigenvalue weighted by molar-refractivity contribution is -0.127. The molecule has 0 bridgehead atoms. The number of carbonyl (C=O) groups is 2. The van der Waals surface area contributed by atoms with E-state index < -0.39 is 35.9 Å². The fourth-order valence-corrected chi connectivity index (χ4v) is 2.73. The summed E-state index contributed by atoms with van der Waals surface area (Å²) in [6, 6.07) is 3.14. The van der Waals surface area contributed by atoms with Crippen molar-refractivity contribution in [2.24, 2.45) is 0 Å². The largest absolute Gasteiger partial charge is 0.299 e. The molecule has 3 rings (SSSR count). The molecule has 1 aromatic heterocycles. The highest BCUT2D eigenvalue weighted by atomic mass is 16.2. The zero-order valence-corrected chi connectivity index (χ0v) is 12.5. The number of benzene rings is 1. The van der Waals surface area contributed by atoms with E-state index in [4.69, 9.17) is 4.11 Å². The topological polar surface area (TPSA) is 69.0 Å². The Balaban J connectivity index is 2.25. The SMILES string of the molecule is [2H]C1([2H])CC[C@]([2H])(n2c(C)nc3ccc(C)cc3c2=O)C(=O)CC1=O. The van der Waals surface area contributed by atoms with E-state index in [0.717, 1.165) is 10.1 Å². The Kier molecular flexibility index (Phi) is 2.81. The molecule has 1 aliphatic carbocycles. The fourth-order valence-electron chi connectivity index (χ4n) is 2.73. The predicted octanol–water partition coefficient (Wildman–Crippen LogP) is 2.27. The number of ketones is 2. The van der Waals surface area contributed by atoms with E-state index in [-0.39, 0.29) is 18.7 Å². The van der Waals surface area contributed by atoms with Gasteiger partial charge in [-0.1, -0.05) is 11.6 Å². The highest BCUT2D eigenvalue weighted by Gasteiger charge is 2.28. The van der Waals surface area contributed by atoms with Crippen LogP contribution in [-0.2, 0) is 9.59 Å². The van der Waals surface area contributed by atoms with Crippen molar-refractivity contribution < 1.29 is 13.7 Å². The third kappa shape index (κ3) is 2.47.